The second-order valence-electron chi connectivity index (χ2n) is 4.76. The van der Waals surface area contributed by atoms with E-state index in [1.165, 1.54) is 19.2 Å². The number of halogens is 3. The molecule has 138 valence electrons. The highest BCUT2D eigenvalue weighted by Gasteiger charge is 2.27. The summed E-state index contributed by atoms with van der Waals surface area (Å²) in [6.07, 6.45) is -4.52. The van der Waals surface area contributed by atoms with E-state index in [1.807, 2.05) is 0 Å². The van der Waals surface area contributed by atoms with Crippen LogP contribution < -0.4 is 21.3 Å². The zero-order valence-corrected chi connectivity index (χ0v) is 13.2. The van der Waals surface area contributed by atoms with Crippen molar-refractivity contribution in [3.63, 3.8) is 0 Å². The Morgan fingerprint density at radius 1 is 1.04 bits per heavy atom. The molecule has 0 fully saturated rings. The number of amides is 4. The van der Waals surface area contributed by atoms with Gasteiger partial charge in [0.05, 0.1) is 6.54 Å². The Balaban J connectivity index is 2.44. The van der Waals surface area contributed by atoms with Gasteiger partial charge in [-0.15, -0.1) is 0 Å². The summed E-state index contributed by atoms with van der Waals surface area (Å²) in [5.41, 5.74) is 0.714. The molecule has 0 aliphatic carbocycles. The number of nitrogens with one attached hydrogen (secondary N) is 4. The summed E-state index contributed by atoms with van der Waals surface area (Å²) in [6.45, 7) is -2.23. The van der Waals surface area contributed by atoms with E-state index in [4.69, 9.17) is 0 Å². The maximum atomic E-state index is 11.9. The summed E-state index contributed by atoms with van der Waals surface area (Å²) in [4.78, 5) is 34.2. The number of hydrogen-bond donors (Lipinski definition) is 4. The zero-order valence-electron chi connectivity index (χ0n) is 13.2. The van der Waals surface area contributed by atoms with Crippen molar-refractivity contribution in [2.75, 3.05) is 37.4 Å². The smallest absolute Gasteiger partial charge is 0.375 e. The van der Waals surface area contributed by atoms with Crippen LogP contribution in [0, 0.1) is 0 Å². The molecule has 0 aromatic heterocycles. The summed E-state index contributed by atoms with van der Waals surface area (Å²) in [5, 5.41) is 8.64. The predicted molar refractivity (Wildman–Crippen MR) is 83.0 cm³/mol. The molecule has 0 heterocycles. The molecule has 8 nitrogen and oxygen atoms in total. The standard InChI is InChI=1S/C14H17F3N4O4/c1-25-7-12(23)20-9-3-2-4-10(5-9)21-13(24)18-6-11(22)19-8-14(15,16)17/h2-5H,6-8H2,1H3,(H,19,22)(H,20,23)(H2,18,21,24). The van der Waals surface area contributed by atoms with Crippen LogP contribution in [0.25, 0.3) is 0 Å². The second kappa shape index (κ2) is 9.47. The molecule has 0 saturated carbocycles. The van der Waals surface area contributed by atoms with Crippen molar-refractivity contribution in [1.82, 2.24) is 10.6 Å². The van der Waals surface area contributed by atoms with Gasteiger partial charge in [-0.1, -0.05) is 6.07 Å². The summed E-state index contributed by atoms with van der Waals surface area (Å²) in [5.74, 6) is -1.36. The molecule has 0 spiro atoms. The van der Waals surface area contributed by atoms with E-state index in [9.17, 15) is 27.6 Å². The van der Waals surface area contributed by atoms with Gasteiger partial charge in [-0.25, -0.2) is 4.79 Å². The lowest BCUT2D eigenvalue weighted by Crippen LogP contribution is -2.42. The van der Waals surface area contributed by atoms with E-state index < -0.39 is 31.2 Å². The van der Waals surface area contributed by atoms with E-state index >= 15 is 0 Å². The summed E-state index contributed by atoms with van der Waals surface area (Å²) < 4.78 is 40.4. The molecule has 0 saturated heterocycles. The highest BCUT2D eigenvalue weighted by Crippen LogP contribution is 2.15. The Morgan fingerprint density at radius 2 is 1.68 bits per heavy atom. The van der Waals surface area contributed by atoms with E-state index in [1.54, 1.807) is 17.4 Å². The van der Waals surface area contributed by atoms with Crippen molar-refractivity contribution in [2.24, 2.45) is 0 Å². The van der Waals surface area contributed by atoms with Crippen molar-refractivity contribution in [1.29, 1.82) is 0 Å². The average molecular weight is 362 g/mol. The largest absolute Gasteiger partial charge is 0.405 e. The fourth-order valence-corrected chi connectivity index (χ4v) is 1.60. The van der Waals surface area contributed by atoms with Crippen molar-refractivity contribution in [2.45, 2.75) is 6.18 Å². The Bertz CT molecular complexity index is 622. The molecule has 4 N–H and O–H groups in total. The van der Waals surface area contributed by atoms with Gasteiger partial charge >= 0.3 is 12.2 Å². The molecule has 0 bridgehead atoms. The van der Waals surface area contributed by atoms with Crippen LogP contribution in [0.5, 0.6) is 0 Å². The minimum absolute atomic E-state index is 0.134. The number of alkyl halides is 3. The third kappa shape index (κ3) is 9.15. The van der Waals surface area contributed by atoms with Crippen LogP contribution in [-0.4, -0.2) is 50.8 Å². The SMILES string of the molecule is COCC(=O)Nc1cccc(NC(=O)NCC(=O)NCC(F)(F)F)c1. The first-order valence-electron chi connectivity index (χ1n) is 6.97. The number of benzene rings is 1. The highest BCUT2D eigenvalue weighted by molar-refractivity contribution is 5.95. The molecule has 25 heavy (non-hydrogen) atoms. The fraction of sp³-hybridized carbons (Fsp3) is 0.357. The molecular formula is C14H17F3N4O4. The van der Waals surface area contributed by atoms with Gasteiger partial charge in [0.15, 0.2) is 0 Å². The predicted octanol–water partition coefficient (Wildman–Crippen LogP) is 1.07. The molecule has 11 heteroatoms. The molecule has 0 aliphatic rings. The van der Waals surface area contributed by atoms with Crippen LogP contribution in [-0.2, 0) is 14.3 Å². The van der Waals surface area contributed by atoms with E-state index in [0.29, 0.717) is 11.4 Å². The second-order valence-corrected chi connectivity index (χ2v) is 4.76. The summed E-state index contributed by atoms with van der Waals surface area (Å²) in [6, 6.07) is 5.34. The number of hydrogen-bond acceptors (Lipinski definition) is 4. The van der Waals surface area contributed by atoms with Gasteiger partial charge in [-0.05, 0) is 18.2 Å². The maximum Gasteiger partial charge on any atom is 0.405 e. The first kappa shape index (κ1) is 20.2. The maximum absolute atomic E-state index is 11.9. The topological polar surface area (TPSA) is 109 Å². The molecule has 0 radical (unpaired) electrons. The Hall–Kier alpha value is -2.82. The minimum atomic E-state index is -4.52. The summed E-state index contributed by atoms with van der Waals surface area (Å²) >= 11 is 0. The van der Waals surface area contributed by atoms with Crippen LogP contribution in [0.4, 0.5) is 29.3 Å². The monoisotopic (exact) mass is 362 g/mol. The summed E-state index contributed by atoms with van der Waals surface area (Å²) in [7, 11) is 1.37. The number of methoxy groups -OCH3 is 1. The van der Waals surface area contributed by atoms with Crippen LogP contribution >= 0.6 is 0 Å². The normalized spacial score (nSPS) is 10.7. The van der Waals surface area contributed by atoms with Gasteiger partial charge in [-0.3, -0.25) is 9.59 Å². The van der Waals surface area contributed by atoms with E-state index in [2.05, 4.69) is 20.7 Å². The molecular weight excluding hydrogens is 345 g/mol. The number of anilines is 2. The van der Waals surface area contributed by atoms with E-state index in [0.717, 1.165) is 0 Å². The first-order chi connectivity index (χ1) is 11.7. The zero-order chi connectivity index (χ0) is 18.9. The third-order valence-electron chi connectivity index (χ3n) is 2.58. The van der Waals surface area contributed by atoms with Crippen molar-refractivity contribution >= 4 is 29.2 Å². The number of carbonyl (C=O) groups excluding carboxylic acids is 3. The van der Waals surface area contributed by atoms with Crippen molar-refractivity contribution in [3.8, 4) is 0 Å². The average Bonchev–Trinajstić information content (AvgIpc) is 2.51. The van der Waals surface area contributed by atoms with E-state index in [-0.39, 0.29) is 12.5 Å². The Kier molecular flexibility index (Phi) is 7.66. The quantitative estimate of drug-likeness (QED) is 0.582. The molecule has 0 unspecified atom stereocenters. The Labute approximate surface area is 141 Å². The lowest BCUT2D eigenvalue weighted by atomic mass is 10.2. The van der Waals surface area contributed by atoms with Gasteiger partial charge < -0.3 is 26.0 Å². The molecule has 0 atom stereocenters. The van der Waals surface area contributed by atoms with Gasteiger partial charge in [0.25, 0.3) is 0 Å². The molecule has 1 rings (SSSR count). The van der Waals surface area contributed by atoms with Crippen molar-refractivity contribution < 1.29 is 32.3 Å². The van der Waals surface area contributed by atoms with Crippen LogP contribution in [0.2, 0.25) is 0 Å². The number of ether oxygens (including phenoxy) is 1. The van der Waals surface area contributed by atoms with Gasteiger partial charge in [0.2, 0.25) is 11.8 Å². The molecule has 1 aromatic carbocycles. The molecule has 4 amide bonds. The van der Waals surface area contributed by atoms with Crippen LogP contribution in [0.3, 0.4) is 0 Å². The van der Waals surface area contributed by atoms with Gasteiger partial charge in [0.1, 0.15) is 13.2 Å². The van der Waals surface area contributed by atoms with Gasteiger partial charge in [0, 0.05) is 18.5 Å². The number of carbonyl (C=O) groups is 3. The van der Waals surface area contributed by atoms with Crippen molar-refractivity contribution in [3.05, 3.63) is 24.3 Å². The first-order valence-corrected chi connectivity index (χ1v) is 6.97. The highest BCUT2D eigenvalue weighted by atomic mass is 19.4. The van der Waals surface area contributed by atoms with Crippen LogP contribution in [0.15, 0.2) is 24.3 Å². The lowest BCUT2D eigenvalue weighted by Gasteiger charge is -2.11. The van der Waals surface area contributed by atoms with Crippen LogP contribution in [0.1, 0.15) is 0 Å². The third-order valence-corrected chi connectivity index (χ3v) is 2.58. The minimum Gasteiger partial charge on any atom is -0.375 e. The Morgan fingerprint density at radius 3 is 2.28 bits per heavy atom. The fourth-order valence-electron chi connectivity index (χ4n) is 1.60. The lowest BCUT2D eigenvalue weighted by molar-refractivity contribution is -0.137. The molecule has 0 aliphatic heterocycles. The molecule has 1 aromatic rings. The number of rotatable bonds is 7. The number of urea groups is 1. The van der Waals surface area contributed by atoms with Gasteiger partial charge in [-0.2, -0.15) is 13.2 Å².